The molecule has 21 heavy (non-hydrogen) atoms. The first-order valence-corrected chi connectivity index (χ1v) is 9.73. The molecule has 1 N–H and O–H groups in total. The molecule has 2 nitrogen and oxygen atoms in total. The Balaban J connectivity index is 1.65. The molecule has 1 saturated heterocycles. The van der Waals surface area contributed by atoms with Gasteiger partial charge in [-0.15, -0.1) is 0 Å². The molecule has 0 aromatic carbocycles. The Bertz CT molecular complexity index is 303. The van der Waals surface area contributed by atoms with E-state index in [-0.39, 0.29) is 0 Å². The molecule has 3 fully saturated rings. The van der Waals surface area contributed by atoms with Crippen LogP contribution in [-0.4, -0.2) is 36.1 Å². The first-order valence-electron chi connectivity index (χ1n) is 9.73. The third-order valence-corrected chi connectivity index (χ3v) is 6.22. The van der Waals surface area contributed by atoms with Crippen molar-refractivity contribution in [1.82, 2.24) is 10.2 Å². The van der Waals surface area contributed by atoms with E-state index in [1.54, 1.807) is 0 Å². The van der Waals surface area contributed by atoms with Crippen LogP contribution in [0.2, 0.25) is 0 Å². The molecule has 0 aromatic rings. The Kier molecular flexibility index (Phi) is 5.61. The van der Waals surface area contributed by atoms with Crippen molar-refractivity contribution in [2.45, 2.75) is 96.2 Å². The van der Waals surface area contributed by atoms with Crippen LogP contribution in [0.1, 0.15) is 78.1 Å². The van der Waals surface area contributed by atoms with Crippen molar-refractivity contribution >= 4 is 0 Å². The van der Waals surface area contributed by atoms with Crippen molar-refractivity contribution in [2.24, 2.45) is 11.8 Å². The summed E-state index contributed by atoms with van der Waals surface area (Å²) < 4.78 is 0. The standard InChI is InChI=1S/C19H36N2/c1-15(2)12-17-14-21(18-10-6-7-11-18)19(13-20-17)16-8-4-3-5-9-16/h15-20H,3-14H2,1-2H3. The van der Waals surface area contributed by atoms with E-state index in [4.69, 9.17) is 0 Å². The van der Waals surface area contributed by atoms with E-state index in [0.29, 0.717) is 0 Å². The lowest BCUT2D eigenvalue weighted by Gasteiger charge is -2.48. The second-order valence-electron chi connectivity index (χ2n) is 8.34. The van der Waals surface area contributed by atoms with Crippen LogP contribution in [0, 0.1) is 11.8 Å². The van der Waals surface area contributed by atoms with E-state index in [1.807, 2.05) is 0 Å². The predicted molar refractivity (Wildman–Crippen MR) is 90.6 cm³/mol. The first-order chi connectivity index (χ1) is 10.2. The topological polar surface area (TPSA) is 15.3 Å². The fourth-order valence-corrected chi connectivity index (χ4v) is 5.20. The summed E-state index contributed by atoms with van der Waals surface area (Å²) in [5.74, 6) is 1.80. The van der Waals surface area contributed by atoms with Gasteiger partial charge >= 0.3 is 0 Å². The van der Waals surface area contributed by atoms with E-state index < -0.39 is 0 Å². The van der Waals surface area contributed by atoms with Gasteiger partial charge in [0, 0.05) is 31.2 Å². The van der Waals surface area contributed by atoms with Crippen molar-refractivity contribution in [3.05, 3.63) is 0 Å². The van der Waals surface area contributed by atoms with Crippen molar-refractivity contribution < 1.29 is 0 Å². The molecule has 0 aromatic heterocycles. The molecule has 3 rings (SSSR count). The first kappa shape index (κ1) is 15.8. The maximum absolute atomic E-state index is 3.91. The van der Waals surface area contributed by atoms with Crippen molar-refractivity contribution in [2.75, 3.05) is 13.1 Å². The lowest BCUT2D eigenvalue weighted by atomic mass is 9.81. The van der Waals surface area contributed by atoms with E-state index in [1.165, 1.54) is 77.3 Å². The smallest absolute Gasteiger partial charge is 0.0252 e. The molecule has 1 heterocycles. The third kappa shape index (κ3) is 4.01. The van der Waals surface area contributed by atoms with Crippen molar-refractivity contribution in [3.8, 4) is 0 Å². The maximum Gasteiger partial charge on any atom is 0.0252 e. The fourth-order valence-electron chi connectivity index (χ4n) is 5.20. The Hall–Kier alpha value is -0.0800. The highest BCUT2D eigenvalue weighted by Crippen LogP contribution is 2.35. The number of nitrogens with one attached hydrogen (secondary N) is 1. The van der Waals surface area contributed by atoms with E-state index in [9.17, 15) is 0 Å². The normalized spacial score (nSPS) is 33.9. The van der Waals surface area contributed by atoms with Gasteiger partial charge in [-0.1, -0.05) is 46.0 Å². The monoisotopic (exact) mass is 292 g/mol. The molecule has 1 aliphatic heterocycles. The van der Waals surface area contributed by atoms with Crippen LogP contribution >= 0.6 is 0 Å². The van der Waals surface area contributed by atoms with Gasteiger partial charge in [0.1, 0.15) is 0 Å². The van der Waals surface area contributed by atoms with Crippen LogP contribution in [0.25, 0.3) is 0 Å². The van der Waals surface area contributed by atoms with Crippen LogP contribution in [0.3, 0.4) is 0 Å². The summed E-state index contributed by atoms with van der Waals surface area (Å²) >= 11 is 0. The van der Waals surface area contributed by atoms with Gasteiger partial charge in [0.15, 0.2) is 0 Å². The zero-order valence-corrected chi connectivity index (χ0v) is 14.3. The van der Waals surface area contributed by atoms with Gasteiger partial charge in [0.2, 0.25) is 0 Å². The van der Waals surface area contributed by atoms with Gasteiger partial charge in [-0.3, -0.25) is 4.90 Å². The summed E-state index contributed by atoms with van der Waals surface area (Å²) in [4.78, 5) is 2.98. The zero-order chi connectivity index (χ0) is 14.7. The van der Waals surface area contributed by atoms with E-state index in [0.717, 1.165) is 30.0 Å². The SMILES string of the molecule is CC(C)CC1CN(C2CCCC2)C(C2CCCCC2)CN1. The summed E-state index contributed by atoms with van der Waals surface area (Å²) in [6.07, 6.45) is 14.7. The molecule has 2 aliphatic carbocycles. The number of hydrogen-bond donors (Lipinski definition) is 1. The van der Waals surface area contributed by atoms with Crippen LogP contribution in [0.4, 0.5) is 0 Å². The average molecular weight is 293 g/mol. The molecular formula is C19H36N2. The van der Waals surface area contributed by atoms with Gasteiger partial charge in [0.05, 0.1) is 0 Å². The molecule has 2 heteroatoms. The quantitative estimate of drug-likeness (QED) is 0.835. The minimum absolute atomic E-state index is 0.741. The average Bonchev–Trinajstić information content (AvgIpc) is 3.01. The molecule has 0 radical (unpaired) electrons. The Morgan fingerprint density at radius 1 is 0.952 bits per heavy atom. The summed E-state index contributed by atoms with van der Waals surface area (Å²) in [7, 11) is 0. The molecule has 0 spiro atoms. The Morgan fingerprint density at radius 2 is 1.62 bits per heavy atom. The second-order valence-corrected chi connectivity index (χ2v) is 8.34. The van der Waals surface area contributed by atoms with Gasteiger partial charge < -0.3 is 5.32 Å². The van der Waals surface area contributed by atoms with E-state index in [2.05, 4.69) is 24.1 Å². The molecule has 122 valence electrons. The second kappa shape index (κ2) is 7.46. The van der Waals surface area contributed by atoms with Crippen LogP contribution < -0.4 is 5.32 Å². The highest BCUT2D eigenvalue weighted by atomic mass is 15.3. The van der Waals surface area contributed by atoms with Crippen molar-refractivity contribution in [1.29, 1.82) is 0 Å². The third-order valence-electron chi connectivity index (χ3n) is 6.22. The van der Waals surface area contributed by atoms with Crippen LogP contribution in [0.15, 0.2) is 0 Å². The van der Waals surface area contributed by atoms with Gasteiger partial charge in [-0.2, -0.15) is 0 Å². The van der Waals surface area contributed by atoms with Gasteiger partial charge in [-0.25, -0.2) is 0 Å². The largest absolute Gasteiger partial charge is 0.311 e. The molecule has 0 amide bonds. The summed E-state index contributed by atoms with van der Waals surface area (Å²) in [5.41, 5.74) is 0. The molecule has 2 saturated carbocycles. The summed E-state index contributed by atoms with van der Waals surface area (Å²) in [6.45, 7) is 7.33. The van der Waals surface area contributed by atoms with Crippen molar-refractivity contribution in [3.63, 3.8) is 0 Å². The minimum atomic E-state index is 0.741. The lowest BCUT2D eigenvalue weighted by molar-refractivity contribution is 0.0334. The number of nitrogens with zero attached hydrogens (tertiary/aromatic N) is 1. The van der Waals surface area contributed by atoms with E-state index >= 15 is 0 Å². The number of piperazine rings is 1. The molecule has 3 aliphatic rings. The Labute approximate surface area is 132 Å². The minimum Gasteiger partial charge on any atom is -0.311 e. The fraction of sp³-hybridized carbons (Fsp3) is 1.00. The maximum atomic E-state index is 3.91. The van der Waals surface area contributed by atoms with Gasteiger partial charge in [0.25, 0.3) is 0 Å². The zero-order valence-electron chi connectivity index (χ0n) is 14.3. The summed E-state index contributed by atoms with van der Waals surface area (Å²) in [5, 5.41) is 3.91. The molecule has 2 unspecified atom stereocenters. The summed E-state index contributed by atoms with van der Waals surface area (Å²) in [6, 6.07) is 2.50. The predicted octanol–water partition coefficient (Wildman–Crippen LogP) is 4.20. The lowest BCUT2D eigenvalue weighted by Crippen LogP contribution is -2.61. The molecule has 0 bridgehead atoms. The molecule has 2 atom stereocenters. The number of hydrogen-bond acceptors (Lipinski definition) is 2. The highest BCUT2D eigenvalue weighted by molar-refractivity contribution is 4.95. The van der Waals surface area contributed by atoms with Gasteiger partial charge in [-0.05, 0) is 43.9 Å². The highest BCUT2D eigenvalue weighted by Gasteiger charge is 2.38. The Morgan fingerprint density at radius 3 is 2.29 bits per heavy atom. The molecular weight excluding hydrogens is 256 g/mol. The number of rotatable bonds is 4. The van der Waals surface area contributed by atoms with Crippen LogP contribution in [-0.2, 0) is 0 Å². The van der Waals surface area contributed by atoms with Crippen LogP contribution in [0.5, 0.6) is 0 Å².